The van der Waals surface area contributed by atoms with Gasteiger partial charge >= 0.3 is 11.8 Å². The molecule has 3 amide bonds. The maximum atomic E-state index is 12.1. The van der Waals surface area contributed by atoms with Gasteiger partial charge in [-0.2, -0.15) is 5.10 Å². The fourth-order valence-corrected chi connectivity index (χ4v) is 3.12. The van der Waals surface area contributed by atoms with Gasteiger partial charge in [-0.1, -0.05) is 59.1 Å². The Morgan fingerprint density at radius 1 is 0.943 bits per heavy atom. The Morgan fingerprint density at radius 2 is 1.66 bits per heavy atom. The number of aryl methyl sites for hydroxylation is 1. The van der Waals surface area contributed by atoms with Gasteiger partial charge in [0, 0.05) is 6.54 Å². The lowest BCUT2D eigenvalue weighted by molar-refractivity contribution is -0.139. The van der Waals surface area contributed by atoms with Crippen LogP contribution in [0.1, 0.15) is 16.7 Å². The molecule has 0 bridgehead atoms. The summed E-state index contributed by atoms with van der Waals surface area (Å²) in [7, 11) is 0. The molecule has 0 heterocycles. The zero-order valence-electron chi connectivity index (χ0n) is 18.7. The molecule has 0 atom stereocenters. The highest BCUT2D eigenvalue weighted by atomic mass is 35.5. The maximum Gasteiger partial charge on any atom is 0.329 e. The highest BCUT2D eigenvalue weighted by molar-refractivity contribution is 6.44. The first-order chi connectivity index (χ1) is 16.8. The number of amides is 3. The Bertz CT molecular complexity index is 1230. The summed E-state index contributed by atoms with van der Waals surface area (Å²) in [6.45, 7) is 1.97. The smallest absolute Gasteiger partial charge is 0.329 e. The molecule has 0 unspecified atom stereocenters. The average Bonchev–Trinajstić information content (AvgIpc) is 2.85. The quantitative estimate of drug-likeness (QED) is 0.240. The molecule has 8 nitrogen and oxygen atoms in total. The topological polar surface area (TPSA) is 109 Å². The van der Waals surface area contributed by atoms with E-state index in [1.54, 1.807) is 42.5 Å². The van der Waals surface area contributed by atoms with Crippen molar-refractivity contribution in [3.8, 4) is 5.75 Å². The van der Waals surface area contributed by atoms with Gasteiger partial charge < -0.3 is 15.4 Å². The van der Waals surface area contributed by atoms with Crippen molar-refractivity contribution in [3.63, 3.8) is 0 Å². The average molecular weight is 513 g/mol. The molecule has 0 aliphatic rings. The van der Waals surface area contributed by atoms with E-state index in [1.165, 1.54) is 6.21 Å². The SMILES string of the molecule is Cc1ccc(CNC(=O)C(=O)N/N=C\c2ccc(OCC(=O)Nc3cccc(Cl)c3Cl)cc2)cc1. The lowest BCUT2D eigenvalue weighted by atomic mass is 10.1. The lowest BCUT2D eigenvalue weighted by Crippen LogP contribution is -2.37. The first-order valence-corrected chi connectivity index (χ1v) is 11.2. The Hall–Kier alpha value is -3.88. The van der Waals surface area contributed by atoms with Crippen molar-refractivity contribution in [3.05, 3.63) is 93.5 Å². The first kappa shape index (κ1) is 25.7. The van der Waals surface area contributed by atoms with Crippen LogP contribution in [0.3, 0.4) is 0 Å². The zero-order chi connectivity index (χ0) is 25.2. The van der Waals surface area contributed by atoms with Crippen LogP contribution < -0.4 is 20.8 Å². The lowest BCUT2D eigenvalue weighted by Gasteiger charge is -2.09. The highest BCUT2D eigenvalue weighted by Gasteiger charge is 2.12. The Labute approximate surface area is 212 Å². The third-order valence-electron chi connectivity index (χ3n) is 4.64. The molecule has 3 rings (SSSR count). The maximum absolute atomic E-state index is 12.1. The number of hydrogen-bond acceptors (Lipinski definition) is 5. The van der Waals surface area contributed by atoms with E-state index in [2.05, 4.69) is 21.2 Å². The molecule has 180 valence electrons. The molecule has 0 aliphatic heterocycles. The molecule has 0 spiro atoms. The van der Waals surface area contributed by atoms with Crippen LogP contribution in [0.5, 0.6) is 5.75 Å². The number of carbonyl (C=O) groups is 3. The van der Waals surface area contributed by atoms with Gasteiger partial charge in [-0.3, -0.25) is 14.4 Å². The van der Waals surface area contributed by atoms with Crippen molar-refractivity contribution in [1.29, 1.82) is 0 Å². The number of nitrogens with one attached hydrogen (secondary N) is 3. The number of ether oxygens (including phenoxy) is 1. The summed E-state index contributed by atoms with van der Waals surface area (Å²) >= 11 is 12.0. The number of halogens is 2. The number of nitrogens with zero attached hydrogens (tertiary/aromatic N) is 1. The van der Waals surface area contributed by atoms with Crippen LogP contribution in [0.2, 0.25) is 10.0 Å². The Kier molecular flexibility index (Phi) is 9.23. The third-order valence-corrected chi connectivity index (χ3v) is 5.45. The van der Waals surface area contributed by atoms with Crippen molar-refractivity contribution in [1.82, 2.24) is 10.7 Å². The van der Waals surface area contributed by atoms with E-state index in [0.717, 1.165) is 11.1 Å². The minimum Gasteiger partial charge on any atom is -0.484 e. The van der Waals surface area contributed by atoms with E-state index >= 15 is 0 Å². The standard InChI is InChI=1S/C25H22Cl2N4O4/c1-16-5-7-17(8-6-16)13-28-24(33)25(34)31-29-14-18-9-11-19(12-10-18)35-15-22(32)30-21-4-2-3-20(26)23(21)27/h2-12,14H,13,15H2,1H3,(H,28,33)(H,30,32)(H,31,34)/b29-14-. The minimum atomic E-state index is -0.876. The molecular weight excluding hydrogens is 491 g/mol. The summed E-state index contributed by atoms with van der Waals surface area (Å²) in [6.07, 6.45) is 1.38. The highest BCUT2D eigenvalue weighted by Crippen LogP contribution is 2.29. The van der Waals surface area contributed by atoms with E-state index in [1.807, 2.05) is 31.2 Å². The van der Waals surface area contributed by atoms with Crippen LogP contribution in [0.4, 0.5) is 5.69 Å². The monoisotopic (exact) mass is 512 g/mol. The molecule has 0 radical (unpaired) electrons. The largest absolute Gasteiger partial charge is 0.484 e. The van der Waals surface area contributed by atoms with Crippen LogP contribution in [0.25, 0.3) is 0 Å². The predicted octanol–water partition coefficient (Wildman–Crippen LogP) is 4.09. The van der Waals surface area contributed by atoms with Gasteiger partial charge in [-0.25, -0.2) is 5.43 Å². The Morgan fingerprint density at radius 3 is 2.37 bits per heavy atom. The fraction of sp³-hybridized carbons (Fsp3) is 0.120. The van der Waals surface area contributed by atoms with Gasteiger partial charge in [0.2, 0.25) is 0 Å². The summed E-state index contributed by atoms with van der Waals surface area (Å²) < 4.78 is 5.45. The Balaban J connectivity index is 1.41. The molecule has 3 aromatic carbocycles. The second-order valence-electron chi connectivity index (χ2n) is 7.37. The second kappa shape index (κ2) is 12.5. The molecule has 0 aromatic heterocycles. The molecule has 10 heteroatoms. The summed E-state index contributed by atoms with van der Waals surface area (Å²) in [5.41, 5.74) is 5.21. The van der Waals surface area contributed by atoms with Crippen LogP contribution in [-0.4, -0.2) is 30.5 Å². The molecule has 0 fully saturated rings. The van der Waals surface area contributed by atoms with Gasteiger partial charge in [0.25, 0.3) is 5.91 Å². The van der Waals surface area contributed by atoms with E-state index < -0.39 is 17.7 Å². The van der Waals surface area contributed by atoms with Crippen molar-refractivity contribution in [2.75, 3.05) is 11.9 Å². The number of hydrazone groups is 1. The van der Waals surface area contributed by atoms with Crippen molar-refractivity contribution in [2.24, 2.45) is 5.10 Å². The summed E-state index contributed by atoms with van der Waals surface area (Å²) in [5, 5.41) is 9.53. The number of anilines is 1. The van der Waals surface area contributed by atoms with Crippen molar-refractivity contribution >= 4 is 52.8 Å². The summed E-state index contributed by atoms with van der Waals surface area (Å²) in [6, 6.07) is 19.1. The first-order valence-electron chi connectivity index (χ1n) is 10.5. The third kappa shape index (κ3) is 8.13. The molecule has 3 N–H and O–H groups in total. The minimum absolute atomic E-state index is 0.232. The zero-order valence-corrected chi connectivity index (χ0v) is 20.2. The molecule has 0 saturated heterocycles. The van der Waals surface area contributed by atoms with E-state index in [9.17, 15) is 14.4 Å². The number of rotatable bonds is 8. The van der Waals surface area contributed by atoms with Gasteiger partial charge in [-0.05, 0) is 54.4 Å². The fourth-order valence-electron chi connectivity index (χ4n) is 2.77. The normalized spacial score (nSPS) is 10.6. The second-order valence-corrected chi connectivity index (χ2v) is 8.16. The van der Waals surface area contributed by atoms with E-state index in [-0.39, 0.29) is 18.2 Å². The summed E-state index contributed by atoms with van der Waals surface area (Å²) in [4.78, 5) is 35.8. The van der Waals surface area contributed by atoms with E-state index in [0.29, 0.717) is 22.0 Å². The molecule has 0 saturated carbocycles. The van der Waals surface area contributed by atoms with Crippen LogP contribution in [0, 0.1) is 6.92 Å². The van der Waals surface area contributed by atoms with Gasteiger partial charge in [0.05, 0.1) is 21.9 Å². The van der Waals surface area contributed by atoms with Crippen LogP contribution in [-0.2, 0) is 20.9 Å². The van der Waals surface area contributed by atoms with Crippen LogP contribution >= 0.6 is 23.2 Å². The molecule has 35 heavy (non-hydrogen) atoms. The summed E-state index contributed by atoms with van der Waals surface area (Å²) in [5.74, 6) is -1.61. The predicted molar refractivity (Wildman–Crippen MR) is 136 cm³/mol. The van der Waals surface area contributed by atoms with Crippen molar-refractivity contribution in [2.45, 2.75) is 13.5 Å². The molecular formula is C25H22Cl2N4O4. The van der Waals surface area contributed by atoms with Gasteiger partial charge in [0.1, 0.15) is 5.75 Å². The number of benzene rings is 3. The van der Waals surface area contributed by atoms with Crippen molar-refractivity contribution < 1.29 is 19.1 Å². The molecule has 3 aromatic rings. The van der Waals surface area contributed by atoms with Gasteiger partial charge in [0.15, 0.2) is 6.61 Å². The molecule has 0 aliphatic carbocycles. The number of carbonyl (C=O) groups excluding carboxylic acids is 3. The van der Waals surface area contributed by atoms with E-state index in [4.69, 9.17) is 27.9 Å². The van der Waals surface area contributed by atoms with Gasteiger partial charge in [-0.15, -0.1) is 0 Å². The number of hydrogen-bond donors (Lipinski definition) is 3. The van der Waals surface area contributed by atoms with Crippen LogP contribution in [0.15, 0.2) is 71.8 Å².